The van der Waals surface area contributed by atoms with Gasteiger partial charge in [0.25, 0.3) is 0 Å². The number of amides is 1. The molecule has 5 rings (SSSR count). The topological polar surface area (TPSA) is 74.2 Å². The summed E-state index contributed by atoms with van der Waals surface area (Å²) in [5.41, 5.74) is 3.73. The zero-order chi connectivity index (χ0) is 22.4. The van der Waals surface area contributed by atoms with Gasteiger partial charge in [-0.05, 0) is 38.8 Å². The molecule has 4 heterocycles. The van der Waals surface area contributed by atoms with Crippen molar-refractivity contribution in [3.05, 3.63) is 53.1 Å². The highest BCUT2D eigenvalue weighted by atomic mass is 19.1. The molecule has 166 valence electrons. The minimum Gasteiger partial charge on any atom is -0.366 e. The largest absolute Gasteiger partial charge is 0.366 e. The highest BCUT2D eigenvalue weighted by Gasteiger charge is 2.35. The number of halogens is 1. The Morgan fingerprint density at radius 1 is 1.22 bits per heavy atom. The van der Waals surface area contributed by atoms with Crippen LogP contribution in [-0.2, 0) is 4.79 Å². The van der Waals surface area contributed by atoms with Gasteiger partial charge >= 0.3 is 0 Å². The fourth-order valence-corrected chi connectivity index (χ4v) is 4.81. The standard InChI is InChI=1S/C24H27FN6O/c1-14-5-4-6-19(22(14)25)15(2)27-24-20-11-18(12-26-23(20)16(3)28-29-24)30-9-10-31-17(13-30)7-8-21(31)32/h4-6,11-12,15,17H,7-10,13H2,1-3H3,(H,27,29)/t15-,17-/m1/s1. The van der Waals surface area contributed by atoms with E-state index in [1.54, 1.807) is 19.1 Å². The minimum absolute atomic E-state index is 0.209. The predicted molar refractivity (Wildman–Crippen MR) is 122 cm³/mol. The van der Waals surface area contributed by atoms with Crippen LogP contribution in [0.5, 0.6) is 0 Å². The Bertz CT molecular complexity index is 1200. The van der Waals surface area contributed by atoms with E-state index in [-0.39, 0.29) is 23.8 Å². The summed E-state index contributed by atoms with van der Waals surface area (Å²) in [5.74, 6) is 0.642. The van der Waals surface area contributed by atoms with Gasteiger partial charge in [-0.15, -0.1) is 5.10 Å². The SMILES string of the molecule is Cc1cccc([C@@H](C)Nc2nnc(C)c3ncc(N4CCN5C(=O)CC[C@@H]5C4)cc23)c1F. The van der Waals surface area contributed by atoms with Crippen LogP contribution in [0, 0.1) is 19.7 Å². The van der Waals surface area contributed by atoms with Crippen LogP contribution in [-0.4, -0.2) is 51.7 Å². The molecule has 2 fully saturated rings. The molecular weight excluding hydrogens is 407 g/mol. The average molecular weight is 435 g/mol. The first-order chi connectivity index (χ1) is 15.4. The van der Waals surface area contributed by atoms with Crippen molar-refractivity contribution in [3.63, 3.8) is 0 Å². The number of hydrogen-bond donors (Lipinski definition) is 1. The Morgan fingerprint density at radius 3 is 2.91 bits per heavy atom. The summed E-state index contributed by atoms with van der Waals surface area (Å²) in [6.07, 6.45) is 3.43. The molecule has 3 aromatic rings. The van der Waals surface area contributed by atoms with Crippen molar-refractivity contribution in [2.24, 2.45) is 0 Å². The first-order valence-electron chi connectivity index (χ1n) is 11.1. The van der Waals surface area contributed by atoms with Crippen LogP contribution in [0.2, 0.25) is 0 Å². The Labute approximate surface area is 186 Å². The number of anilines is 2. The monoisotopic (exact) mass is 434 g/mol. The maximum atomic E-state index is 14.7. The van der Waals surface area contributed by atoms with E-state index >= 15 is 0 Å². The second kappa shape index (κ2) is 8.00. The minimum atomic E-state index is -0.285. The number of carbonyl (C=O) groups excluding carboxylic acids is 1. The summed E-state index contributed by atoms with van der Waals surface area (Å²) >= 11 is 0. The average Bonchev–Trinajstić information content (AvgIpc) is 3.17. The van der Waals surface area contributed by atoms with E-state index < -0.39 is 0 Å². The lowest BCUT2D eigenvalue weighted by atomic mass is 10.0. The molecule has 1 amide bonds. The van der Waals surface area contributed by atoms with Gasteiger partial charge in [0.2, 0.25) is 5.91 Å². The smallest absolute Gasteiger partial charge is 0.223 e. The molecule has 8 heteroatoms. The van der Waals surface area contributed by atoms with Crippen molar-refractivity contribution in [3.8, 4) is 0 Å². The summed E-state index contributed by atoms with van der Waals surface area (Å²) in [6.45, 7) is 7.90. The molecule has 0 radical (unpaired) electrons. The van der Waals surface area contributed by atoms with Crippen LogP contribution >= 0.6 is 0 Å². The first kappa shape index (κ1) is 20.6. The molecule has 0 bridgehead atoms. The zero-order valence-corrected chi connectivity index (χ0v) is 18.6. The number of nitrogens with zero attached hydrogens (tertiary/aromatic N) is 5. The summed E-state index contributed by atoms with van der Waals surface area (Å²) < 4.78 is 14.7. The van der Waals surface area contributed by atoms with E-state index in [0.29, 0.717) is 23.4 Å². The molecule has 2 aliphatic rings. The first-order valence-corrected chi connectivity index (χ1v) is 11.1. The summed E-state index contributed by atoms with van der Waals surface area (Å²) in [4.78, 5) is 21.0. The molecule has 2 aliphatic heterocycles. The van der Waals surface area contributed by atoms with Gasteiger partial charge in [-0.3, -0.25) is 9.78 Å². The van der Waals surface area contributed by atoms with Gasteiger partial charge in [0.15, 0.2) is 5.82 Å². The molecule has 1 N–H and O–H groups in total. The van der Waals surface area contributed by atoms with Gasteiger partial charge in [-0.2, -0.15) is 5.10 Å². The van der Waals surface area contributed by atoms with Crippen molar-refractivity contribution in [2.75, 3.05) is 29.9 Å². The van der Waals surface area contributed by atoms with Crippen molar-refractivity contribution in [1.82, 2.24) is 20.1 Å². The highest BCUT2D eigenvalue weighted by Crippen LogP contribution is 2.31. The van der Waals surface area contributed by atoms with Gasteiger partial charge < -0.3 is 15.1 Å². The number of carbonyl (C=O) groups is 1. The van der Waals surface area contributed by atoms with Crippen LogP contribution in [0.4, 0.5) is 15.9 Å². The second-order valence-corrected chi connectivity index (χ2v) is 8.79. The lowest BCUT2D eigenvalue weighted by Crippen LogP contribution is -2.51. The van der Waals surface area contributed by atoms with E-state index in [2.05, 4.69) is 31.5 Å². The Morgan fingerprint density at radius 2 is 2.06 bits per heavy atom. The number of hydrogen-bond acceptors (Lipinski definition) is 6. The van der Waals surface area contributed by atoms with Gasteiger partial charge in [0.1, 0.15) is 5.82 Å². The third-order valence-corrected chi connectivity index (χ3v) is 6.67. The number of rotatable bonds is 4. The van der Waals surface area contributed by atoms with Crippen LogP contribution in [0.1, 0.15) is 42.6 Å². The molecule has 32 heavy (non-hydrogen) atoms. The molecule has 0 saturated carbocycles. The van der Waals surface area contributed by atoms with E-state index in [0.717, 1.165) is 48.3 Å². The van der Waals surface area contributed by atoms with E-state index in [1.165, 1.54) is 0 Å². The van der Waals surface area contributed by atoms with Crippen molar-refractivity contribution in [1.29, 1.82) is 0 Å². The number of benzene rings is 1. The molecule has 2 saturated heterocycles. The Hall–Kier alpha value is -3.29. The molecule has 1 aromatic carbocycles. The Kier molecular flexibility index (Phi) is 5.15. The van der Waals surface area contributed by atoms with E-state index in [9.17, 15) is 9.18 Å². The lowest BCUT2D eigenvalue weighted by Gasteiger charge is -2.38. The van der Waals surface area contributed by atoms with Crippen LogP contribution < -0.4 is 10.2 Å². The third-order valence-electron chi connectivity index (χ3n) is 6.67. The number of fused-ring (bicyclic) bond motifs is 2. The second-order valence-electron chi connectivity index (χ2n) is 8.79. The molecule has 7 nitrogen and oxygen atoms in total. The molecular formula is C24H27FN6O. The third kappa shape index (κ3) is 3.53. The van der Waals surface area contributed by atoms with Gasteiger partial charge in [-0.1, -0.05) is 18.2 Å². The van der Waals surface area contributed by atoms with Crippen molar-refractivity contribution in [2.45, 2.75) is 45.7 Å². The van der Waals surface area contributed by atoms with Crippen LogP contribution in [0.3, 0.4) is 0 Å². The molecule has 0 spiro atoms. The normalized spacial score (nSPS) is 19.4. The maximum Gasteiger partial charge on any atom is 0.223 e. The summed E-state index contributed by atoms with van der Waals surface area (Å²) in [6, 6.07) is 7.48. The maximum absolute atomic E-state index is 14.7. The zero-order valence-electron chi connectivity index (χ0n) is 18.6. The quantitative estimate of drug-likeness (QED) is 0.674. The van der Waals surface area contributed by atoms with E-state index in [4.69, 9.17) is 0 Å². The summed E-state index contributed by atoms with van der Waals surface area (Å²) in [7, 11) is 0. The van der Waals surface area contributed by atoms with Crippen molar-refractivity contribution < 1.29 is 9.18 Å². The predicted octanol–water partition coefficient (Wildman–Crippen LogP) is 3.76. The Balaban J connectivity index is 1.47. The van der Waals surface area contributed by atoms with Gasteiger partial charge in [-0.25, -0.2) is 4.39 Å². The van der Waals surface area contributed by atoms with Crippen molar-refractivity contribution >= 4 is 28.3 Å². The molecule has 0 aliphatic carbocycles. The number of nitrogens with one attached hydrogen (secondary N) is 1. The van der Waals surface area contributed by atoms with Crippen LogP contribution in [0.25, 0.3) is 10.9 Å². The summed E-state index contributed by atoms with van der Waals surface area (Å²) in [5, 5.41) is 12.8. The fourth-order valence-electron chi connectivity index (χ4n) is 4.81. The number of pyridine rings is 1. The van der Waals surface area contributed by atoms with Gasteiger partial charge in [0.05, 0.1) is 29.1 Å². The number of aryl methyl sites for hydroxylation is 2. The van der Waals surface area contributed by atoms with Crippen LogP contribution in [0.15, 0.2) is 30.5 Å². The number of aromatic nitrogens is 3. The van der Waals surface area contributed by atoms with Gasteiger partial charge in [0, 0.05) is 43.0 Å². The molecule has 2 aromatic heterocycles. The fraction of sp³-hybridized carbons (Fsp3) is 0.417. The van der Waals surface area contributed by atoms with E-state index in [1.807, 2.05) is 31.0 Å². The lowest BCUT2D eigenvalue weighted by molar-refractivity contribution is -0.129. The molecule has 2 atom stereocenters. The molecule has 0 unspecified atom stereocenters. The number of piperazine rings is 1. The highest BCUT2D eigenvalue weighted by molar-refractivity contribution is 5.92.